The van der Waals surface area contributed by atoms with Gasteiger partial charge in [-0.25, -0.2) is 0 Å². The van der Waals surface area contributed by atoms with Gasteiger partial charge < -0.3 is 9.05 Å². The zero-order valence-electron chi connectivity index (χ0n) is 24.0. The Morgan fingerprint density at radius 2 is 1.03 bits per heavy atom. The third-order valence-electron chi connectivity index (χ3n) is 6.95. The molecule has 39 heavy (non-hydrogen) atoms. The molecule has 0 aliphatic rings. The van der Waals surface area contributed by atoms with Crippen LogP contribution in [0.15, 0.2) is 78.9 Å². The molecule has 0 unspecified atom stereocenters. The van der Waals surface area contributed by atoms with Crippen molar-refractivity contribution in [3.05, 3.63) is 95.6 Å². The lowest BCUT2D eigenvalue weighted by Crippen LogP contribution is -2.03. The Hall–Kier alpha value is -1.74. The topological polar surface area (TPSA) is 18.5 Å². The number of para-hydroxylation sites is 2. The molecule has 0 radical (unpaired) electrons. The van der Waals surface area contributed by atoms with Crippen LogP contribution in [0.25, 0.3) is 0 Å². The fourth-order valence-electron chi connectivity index (χ4n) is 4.67. The Kier molecular flexibility index (Phi) is 15.1. The van der Waals surface area contributed by atoms with Crippen LogP contribution < -0.4 is 9.05 Å². The molecule has 0 bridgehead atoms. The number of hydrogen-bond acceptors (Lipinski definition) is 4. The van der Waals surface area contributed by atoms with Crippen LogP contribution in [0, 0.1) is 0 Å². The van der Waals surface area contributed by atoms with Crippen LogP contribution in [0.3, 0.4) is 0 Å². The van der Waals surface area contributed by atoms with Crippen molar-refractivity contribution in [2.75, 3.05) is 5.75 Å². The highest BCUT2D eigenvalue weighted by Crippen LogP contribution is 2.61. The molecule has 3 aromatic rings. The lowest BCUT2D eigenvalue weighted by Gasteiger charge is -2.25. The van der Waals surface area contributed by atoms with Gasteiger partial charge in [-0.05, 0) is 84.1 Å². The molecule has 3 rings (SSSR count). The largest absolute Gasteiger partial charge is 0.428 e. The molecule has 2 nitrogen and oxygen atoms in total. The monoisotopic (exact) mass is 582 g/mol. The maximum atomic E-state index is 6.73. The van der Waals surface area contributed by atoms with Crippen LogP contribution in [0.1, 0.15) is 94.7 Å². The van der Waals surface area contributed by atoms with E-state index >= 15 is 0 Å². The molecule has 0 saturated heterocycles. The molecule has 0 aromatic heterocycles. The standard InChI is InChI=1S/C34H47O2PS2/c1-3-5-7-9-14-22-31-24-16-18-26-33(31)35-37(38,39-29-28-30-20-12-11-13-21-30)36-34-27-19-17-25-32(34)23-15-10-8-6-4-2/h11-13,16-21,24-27H,3-10,14-15,22-23,28-29H2,1-2H3. The highest BCUT2D eigenvalue weighted by Gasteiger charge is 2.26. The normalized spacial score (nSPS) is 11.4. The first-order chi connectivity index (χ1) is 19.1. The van der Waals surface area contributed by atoms with Crippen molar-refractivity contribution in [3.8, 4) is 11.5 Å². The van der Waals surface area contributed by atoms with Crippen LogP contribution in [0.4, 0.5) is 0 Å². The van der Waals surface area contributed by atoms with Crippen molar-refractivity contribution in [3.63, 3.8) is 0 Å². The van der Waals surface area contributed by atoms with Gasteiger partial charge in [-0.2, -0.15) is 0 Å². The van der Waals surface area contributed by atoms with Gasteiger partial charge in [0, 0.05) is 5.75 Å². The molecular formula is C34H47O2PS2. The quantitative estimate of drug-likeness (QED) is 0.0974. The molecule has 0 spiro atoms. The van der Waals surface area contributed by atoms with Crippen molar-refractivity contribution in [2.45, 2.75) is 97.3 Å². The molecule has 0 amide bonds. The van der Waals surface area contributed by atoms with E-state index in [2.05, 4.69) is 92.7 Å². The summed E-state index contributed by atoms with van der Waals surface area (Å²) in [5.74, 6) is 2.64. The van der Waals surface area contributed by atoms with Gasteiger partial charge in [0.15, 0.2) is 0 Å². The van der Waals surface area contributed by atoms with Crippen molar-refractivity contribution in [2.24, 2.45) is 0 Å². The van der Waals surface area contributed by atoms with Crippen LogP contribution in [0.5, 0.6) is 11.5 Å². The average Bonchev–Trinajstić information content (AvgIpc) is 2.95. The summed E-state index contributed by atoms with van der Waals surface area (Å²) in [7, 11) is 0. The highest BCUT2D eigenvalue weighted by molar-refractivity contribution is 8.68. The summed E-state index contributed by atoms with van der Waals surface area (Å²) in [5, 5.41) is 0. The van der Waals surface area contributed by atoms with Crippen LogP contribution in [-0.2, 0) is 31.1 Å². The van der Waals surface area contributed by atoms with E-state index in [1.54, 1.807) is 11.4 Å². The fraction of sp³-hybridized carbons (Fsp3) is 0.471. The van der Waals surface area contributed by atoms with E-state index < -0.39 is 5.69 Å². The van der Waals surface area contributed by atoms with Crippen LogP contribution in [-0.4, -0.2) is 5.75 Å². The minimum Gasteiger partial charge on any atom is -0.428 e. The van der Waals surface area contributed by atoms with E-state index in [0.717, 1.165) is 36.5 Å². The Morgan fingerprint density at radius 1 is 0.564 bits per heavy atom. The summed E-state index contributed by atoms with van der Waals surface area (Å²) in [5.41, 5.74) is 1.08. The molecule has 0 aliphatic carbocycles. The molecule has 0 saturated carbocycles. The van der Waals surface area contributed by atoms with Crippen LogP contribution >= 0.6 is 17.1 Å². The molecular weight excluding hydrogens is 535 g/mol. The molecule has 212 valence electrons. The van der Waals surface area contributed by atoms with Gasteiger partial charge in [-0.3, -0.25) is 0 Å². The van der Waals surface area contributed by atoms with Crippen molar-refractivity contribution >= 4 is 28.9 Å². The smallest absolute Gasteiger partial charge is 0.348 e. The van der Waals surface area contributed by atoms with Crippen molar-refractivity contribution in [1.29, 1.82) is 0 Å². The molecule has 0 atom stereocenters. The zero-order valence-corrected chi connectivity index (χ0v) is 26.5. The van der Waals surface area contributed by atoms with Gasteiger partial charge in [0.2, 0.25) is 0 Å². The first-order valence-corrected chi connectivity index (χ1v) is 19.2. The van der Waals surface area contributed by atoms with Crippen molar-refractivity contribution in [1.82, 2.24) is 0 Å². The van der Waals surface area contributed by atoms with Gasteiger partial charge in [-0.15, -0.1) is 0 Å². The predicted octanol–water partition coefficient (Wildman–Crippen LogP) is 11.4. The number of unbranched alkanes of at least 4 members (excludes halogenated alkanes) is 8. The average molecular weight is 583 g/mol. The molecule has 0 heterocycles. The van der Waals surface area contributed by atoms with E-state index in [9.17, 15) is 0 Å². The maximum Gasteiger partial charge on any atom is 0.348 e. The fourth-order valence-corrected chi connectivity index (χ4v) is 9.10. The number of rotatable bonds is 20. The highest BCUT2D eigenvalue weighted by atomic mass is 32.9. The Bertz CT molecular complexity index is 1060. The van der Waals surface area contributed by atoms with Gasteiger partial charge >= 0.3 is 5.69 Å². The second kappa shape index (κ2) is 18.6. The Labute approximate surface area is 247 Å². The summed E-state index contributed by atoms with van der Waals surface area (Å²) in [6, 6.07) is 27.4. The SMILES string of the molecule is CCCCCCCc1ccccc1OP(=S)(Oc1ccccc1CCCCCCC)SCCc1ccccc1. The van der Waals surface area contributed by atoms with Crippen molar-refractivity contribution < 1.29 is 9.05 Å². The third-order valence-corrected chi connectivity index (χ3v) is 11.8. The zero-order chi connectivity index (χ0) is 27.6. The summed E-state index contributed by atoms with van der Waals surface area (Å²) < 4.78 is 13.5. The number of hydrogen-bond donors (Lipinski definition) is 0. The number of aryl methyl sites for hydroxylation is 3. The van der Waals surface area contributed by atoms with E-state index in [1.165, 1.54) is 80.9 Å². The lowest BCUT2D eigenvalue weighted by molar-refractivity contribution is 0.496. The first kappa shape index (κ1) is 31.8. The second-order valence-electron chi connectivity index (χ2n) is 10.2. The maximum absolute atomic E-state index is 6.73. The minimum atomic E-state index is -2.70. The van der Waals surface area contributed by atoms with E-state index in [1.807, 2.05) is 0 Å². The first-order valence-electron chi connectivity index (χ1n) is 15.0. The van der Waals surface area contributed by atoms with E-state index in [-0.39, 0.29) is 0 Å². The lowest BCUT2D eigenvalue weighted by atomic mass is 10.0. The van der Waals surface area contributed by atoms with E-state index in [4.69, 9.17) is 20.9 Å². The molecule has 3 aromatic carbocycles. The van der Waals surface area contributed by atoms with Crippen LogP contribution in [0.2, 0.25) is 0 Å². The molecule has 5 heteroatoms. The molecule has 0 aliphatic heterocycles. The summed E-state index contributed by atoms with van der Waals surface area (Å²) in [6.45, 7) is 4.52. The van der Waals surface area contributed by atoms with Gasteiger partial charge in [-0.1, -0.05) is 132 Å². The predicted molar refractivity (Wildman–Crippen MR) is 176 cm³/mol. The Balaban J connectivity index is 1.74. The second-order valence-corrected chi connectivity index (χ2v) is 16.5. The van der Waals surface area contributed by atoms with Gasteiger partial charge in [0.25, 0.3) is 0 Å². The molecule has 0 N–H and O–H groups in total. The summed E-state index contributed by atoms with van der Waals surface area (Å²) in [6.07, 6.45) is 15.6. The minimum absolute atomic E-state index is 0.861. The number of benzene rings is 3. The summed E-state index contributed by atoms with van der Waals surface area (Å²) in [4.78, 5) is 0. The van der Waals surface area contributed by atoms with Gasteiger partial charge in [0.05, 0.1) is 0 Å². The third kappa shape index (κ3) is 12.1. The van der Waals surface area contributed by atoms with Gasteiger partial charge in [0.1, 0.15) is 11.5 Å². The Morgan fingerprint density at radius 3 is 1.54 bits per heavy atom. The summed E-state index contributed by atoms with van der Waals surface area (Å²) >= 11 is 7.95. The molecule has 0 fully saturated rings. The van der Waals surface area contributed by atoms with E-state index in [0.29, 0.717) is 0 Å².